The van der Waals surface area contributed by atoms with Gasteiger partial charge in [0.1, 0.15) is 16.5 Å². The Bertz CT molecular complexity index is 667. The van der Waals surface area contributed by atoms with Crippen molar-refractivity contribution in [2.24, 2.45) is 0 Å². The molecule has 2 rings (SSSR count). The zero-order valence-corrected chi connectivity index (χ0v) is 11.0. The van der Waals surface area contributed by atoms with Gasteiger partial charge in [0.25, 0.3) is 0 Å². The van der Waals surface area contributed by atoms with Gasteiger partial charge in [-0.05, 0) is 12.1 Å². The summed E-state index contributed by atoms with van der Waals surface area (Å²) in [5.41, 5.74) is 2.20. The molecule has 0 aromatic carbocycles. The van der Waals surface area contributed by atoms with Gasteiger partial charge in [-0.3, -0.25) is 4.98 Å². The molecular weight excluding hydrogens is 244 g/mol. The minimum Gasteiger partial charge on any atom is -0.343 e. The van der Waals surface area contributed by atoms with Crippen LogP contribution in [0.4, 0.5) is 0 Å². The molecule has 0 aliphatic heterocycles. The molecule has 90 valence electrons. The molecule has 0 aliphatic rings. The number of nitrogens with zero attached hydrogens (tertiary/aromatic N) is 3. The molecule has 0 fully saturated rings. The molecule has 0 atom stereocenters. The molecule has 0 saturated heterocycles. The first-order valence-electron chi connectivity index (χ1n) is 5.57. The Morgan fingerprint density at radius 1 is 1.33 bits per heavy atom. The highest BCUT2D eigenvalue weighted by molar-refractivity contribution is 7.71. The standard InChI is InChI=1S/C13H12N4S/c1-8(2)13-16-11(4-12(18)17-13)10-3-9(5-14)6-15-7-10/h3-4,6-8H,1-2H3,(H,16,17,18). The average molecular weight is 256 g/mol. The second-order valence-electron chi connectivity index (χ2n) is 4.25. The Morgan fingerprint density at radius 2 is 2.11 bits per heavy atom. The topological polar surface area (TPSA) is 65.4 Å². The van der Waals surface area contributed by atoms with Crippen molar-refractivity contribution in [3.8, 4) is 17.3 Å². The van der Waals surface area contributed by atoms with Gasteiger partial charge in [-0.25, -0.2) is 4.98 Å². The van der Waals surface area contributed by atoms with Gasteiger partial charge in [-0.1, -0.05) is 26.1 Å². The molecule has 0 saturated carbocycles. The summed E-state index contributed by atoms with van der Waals surface area (Å²) < 4.78 is 0.537. The first kappa shape index (κ1) is 12.4. The number of hydrogen-bond donors (Lipinski definition) is 1. The van der Waals surface area contributed by atoms with E-state index in [0.29, 0.717) is 10.2 Å². The number of aromatic amines is 1. The van der Waals surface area contributed by atoms with Crippen molar-refractivity contribution < 1.29 is 0 Å². The van der Waals surface area contributed by atoms with Gasteiger partial charge in [0, 0.05) is 23.9 Å². The highest BCUT2D eigenvalue weighted by Gasteiger charge is 2.06. The highest BCUT2D eigenvalue weighted by atomic mass is 32.1. The summed E-state index contributed by atoms with van der Waals surface area (Å²) in [4.78, 5) is 11.5. The van der Waals surface area contributed by atoms with E-state index in [0.717, 1.165) is 17.1 Å². The van der Waals surface area contributed by atoms with Crippen molar-refractivity contribution >= 4 is 12.2 Å². The van der Waals surface area contributed by atoms with Gasteiger partial charge < -0.3 is 4.98 Å². The van der Waals surface area contributed by atoms with Crippen molar-refractivity contribution in [3.63, 3.8) is 0 Å². The van der Waals surface area contributed by atoms with Crippen LogP contribution >= 0.6 is 12.2 Å². The lowest BCUT2D eigenvalue weighted by atomic mass is 10.1. The van der Waals surface area contributed by atoms with Crippen LogP contribution in [0.2, 0.25) is 0 Å². The predicted molar refractivity (Wildman–Crippen MR) is 71.5 cm³/mol. The molecule has 4 nitrogen and oxygen atoms in total. The van der Waals surface area contributed by atoms with Gasteiger partial charge in [-0.15, -0.1) is 0 Å². The Kier molecular flexibility index (Phi) is 3.49. The molecule has 2 aromatic heterocycles. The normalized spacial score (nSPS) is 10.3. The van der Waals surface area contributed by atoms with Gasteiger partial charge in [0.05, 0.1) is 11.3 Å². The molecule has 0 bridgehead atoms. The number of nitriles is 1. The van der Waals surface area contributed by atoms with Crippen LogP contribution in [0.1, 0.15) is 31.2 Å². The second kappa shape index (κ2) is 5.07. The Morgan fingerprint density at radius 3 is 2.78 bits per heavy atom. The van der Waals surface area contributed by atoms with Crippen molar-refractivity contribution in [1.29, 1.82) is 5.26 Å². The fourth-order valence-corrected chi connectivity index (χ4v) is 1.77. The first-order valence-corrected chi connectivity index (χ1v) is 5.98. The molecule has 0 spiro atoms. The second-order valence-corrected chi connectivity index (χ2v) is 4.67. The zero-order chi connectivity index (χ0) is 13.1. The van der Waals surface area contributed by atoms with E-state index in [1.807, 2.05) is 13.8 Å². The number of rotatable bonds is 2. The third-order valence-corrected chi connectivity index (χ3v) is 2.70. The lowest BCUT2D eigenvalue weighted by molar-refractivity contribution is 0.773. The van der Waals surface area contributed by atoms with E-state index in [-0.39, 0.29) is 5.92 Å². The van der Waals surface area contributed by atoms with Crippen LogP contribution in [0.25, 0.3) is 11.3 Å². The minimum absolute atomic E-state index is 0.263. The van der Waals surface area contributed by atoms with Gasteiger partial charge in [0.2, 0.25) is 0 Å². The van der Waals surface area contributed by atoms with Gasteiger partial charge in [-0.2, -0.15) is 5.26 Å². The first-order chi connectivity index (χ1) is 8.60. The molecule has 0 amide bonds. The zero-order valence-electron chi connectivity index (χ0n) is 10.1. The maximum Gasteiger partial charge on any atom is 0.130 e. The number of aromatic nitrogens is 3. The van der Waals surface area contributed by atoms with Crippen LogP contribution in [0, 0.1) is 16.0 Å². The van der Waals surface area contributed by atoms with Crippen LogP contribution in [-0.4, -0.2) is 15.0 Å². The van der Waals surface area contributed by atoms with E-state index in [1.54, 1.807) is 18.3 Å². The van der Waals surface area contributed by atoms with Crippen molar-refractivity contribution in [3.05, 3.63) is 40.6 Å². The van der Waals surface area contributed by atoms with Crippen LogP contribution < -0.4 is 0 Å². The third kappa shape index (κ3) is 2.60. The fourth-order valence-electron chi connectivity index (χ4n) is 1.55. The molecular formula is C13H12N4S. The van der Waals surface area contributed by atoms with E-state index >= 15 is 0 Å². The molecule has 1 N–H and O–H groups in total. The predicted octanol–water partition coefficient (Wildman–Crippen LogP) is 3.20. The van der Waals surface area contributed by atoms with E-state index in [2.05, 4.69) is 21.0 Å². The summed E-state index contributed by atoms with van der Waals surface area (Å²) in [5, 5.41) is 8.87. The number of H-pyrrole nitrogens is 1. The maximum absolute atomic E-state index is 8.87. The van der Waals surface area contributed by atoms with Crippen molar-refractivity contribution in [1.82, 2.24) is 15.0 Å². The lowest BCUT2D eigenvalue weighted by Crippen LogP contribution is -1.99. The summed E-state index contributed by atoms with van der Waals surface area (Å²) in [5.74, 6) is 1.10. The molecule has 2 heterocycles. The van der Waals surface area contributed by atoms with Gasteiger partial charge >= 0.3 is 0 Å². The van der Waals surface area contributed by atoms with E-state index in [9.17, 15) is 0 Å². The summed E-state index contributed by atoms with van der Waals surface area (Å²) >= 11 is 5.15. The largest absolute Gasteiger partial charge is 0.343 e. The summed E-state index contributed by atoms with van der Waals surface area (Å²) in [6.45, 7) is 4.09. The van der Waals surface area contributed by atoms with Crippen LogP contribution in [0.5, 0.6) is 0 Å². The highest BCUT2D eigenvalue weighted by Crippen LogP contribution is 2.19. The van der Waals surface area contributed by atoms with E-state index < -0.39 is 0 Å². The molecule has 0 unspecified atom stereocenters. The quantitative estimate of drug-likeness (QED) is 0.838. The lowest BCUT2D eigenvalue weighted by Gasteiger charge is -2.08. The molecule has 2 aromatic rings. The smallest absolute Gasteiger partial charge is 0.130 e. The summed E-state index contributed by atoms with van der Waals surface area (Å²) in [6.07, 6.45) is 3.23. The number of nitrogens with one attached hydrogen (secondary N) is 1. The molecule has 18 heavy (non-hydrogen) atoms. The molecule has 0 radical (unpaired) electrons. The SMILES string of the molecule is CC(C)c1nc(=S)cc(-c2cncc(C#N)c2)[nH]1. The Balaban J connectivity index is 2.57. The third-order valence-electron chi connectivity index (χ3n) is 2.49. The maximum atomic E-state index is 8.87. The van der Waals surface area contributed by atoms with E-state index in [4.69, 9.17) is 17.5 Å². The summed E-state index contributed by atoms with van der Waals surface area (Å²) in [7, 11) is 0. The molecule has 0 aliphatic carbocycles. The van der Waals surface area contributed by atoms with Crippen LogP contribution in [0.3, 0.4) is 0 Å². The van der Waals surface area contributed by atoms with Crippen molar-refractivity contribution in [2.45, 2.75) is 19.8 Å². The summed E-state index contributed by atoms with van der Waals surface area (Å²) in [6, 6.07) is 5.62. The van der Waals surface area contributed by atoms with Crippen LogP contribution in [0.15, 0.2) is 24.5 Å². The Labute approximate surface area is 110 Å². The molecule has 5 heteroatoms. The number of pyridine rings is 1. The number of hydrogen-bond acceptors (Lipinski definition) is 4. The minimum atomic E-state index is 0.263. The van der Waals surface area contributed by atoms with Gasteiger partial charge in [0.15, 0.2) is 0 Å². The van der Waals surface area contributed by atoms with E-state index in [1.165, 1.54) is 6.20 Å². The van der Waals surface area contributed by atoms with Crippen LogP contribution in [-0.2, 0) is 0 Å². The van der Waals surface area contributed by atoms with Crippen molar-refractivity contribution in [2.75, 3.05) is 0 Å². The Hall–Kier alpha value is -2.06. The fraction of sp³-hybridized carbons (Fsp3) is 0.231. The monoisotopic (exact) mass is 256 g/mol. The average Bonchev–Trinajstić information content (AvgIpc) is 2.38.